The predicted octanol–water partition coefficient (Wildman–Crippen LogP) is 1.66. The van der Waals surface area contributed by atoms with Gasteiger partial charge >= 0.3 is 15.6 Å². The van der Waals surface area contributed by atoms with Crippen molar-refractivity contribution in [2.24, 2.45) is 0 Å². The number of benzene rings is 1. The molecule has 1 aromatic rings. The van der Waals surface area contributed by atoms with Crippen molar-refractivity contribution in [1.29, 1.82) is 0 Å². The summed E-state index contributed by atoms with van der Waals surface area (Å²) >= 11 is 0. The van der Waals surface area contributed by atoms with Gasteiger partial charge in [-0.1, -0.05) is 18.2 Å². The Balaban J connectivity index is 3.08. The van der Waals surface area contributed by atoms with Crippen LogP contribution in [0.5, 0.6) is 5.75 Å². The van der Waals surface area contributed by atoms with E-state index < -0.39 is 21.4 Å². The van der Waals surface area contributed by atoms with Crippen molar-refractivity contribution in [3.05, 3.63) is 29.8 Å². The van der Waals surface area contributed by atoms with E-state index in [2.05, 4.69) is 4.18 Å². The highest BCUT2D eigenvalue weighted by atomic mass is 32.2. The van der Waals surface area contributed by atoms with Crippen LogP contribution in [-0.2, 0) is 21.3 Å². The van der Waals surface area contributed by atoms with Crippen LogP contribution in [0.1, 0.15) is 5.56 Å². The van der Waals surface area contributed by atoms with Gasteiger partial charge in [0.05, 0.1) is 0 Å². The second-order valence-corrected chi connectivity index (χ2v) is 4.50. The molecule has 0 amide bonds. The summed E-state index contributed by atoms with van der Waals surface area (Å²) in [6.45, 7) is 0. The standard InChI is InChI=1S/C9H7F3O4S/c10-9(11,12)17(14,15)16-8-4-2-1-3-7(8)5-6-13/h1-4,6H,5H2. The van der Waals surface area contributed by atoms with Crippen LogP contribution >= 0.6 is 0 Å². The number of carbonyl (C=O) groups is 1. The summed E-state index contributed by atoms with van der Waals surface area (Å²) in [6, 6.07) is 5.10. The van der Waals surface area contributed by atoms with Crippen LogP contribution in [0.25, 0.3) is 0 Å². The molecule has 0 saturated heterocycles. The van der Waals surface area contributed by atoms with E-state index in [1.165, 1.54) is 18.2 Å². The first-order chi connectivity index (χ1) is 7.78. The van der Waals surface area contributed by atoms with Crippen LogP contribution < -0.4 is 4.18 Å². The molecule has 0 aliphatic heterocycles. The van der Waals surface area contributed by atoms with Crippen molar-refractivity contribution in [3.8, 4) is 5.75 Å². The number of hydrogen-bond acceptors (Lipinski definition) is 4. The summed E-state index contributed by atoms with van der Waals surface area (Å²) < 4.78 is 61.6. The quantitative estimate of drug-likeness (QED) is 0.473. The van der Waals surface area contributed by atoms with Gasteiger partial charge < -0.3 is 8.98 Å². The van der Waals surface area contributed by atoms with Crippen LogP contribution in [0.2, 0.25) is 0 Å². The second-order valence-electron chi connectivity index (χ2n) is 2.96. The van der Waals surface area contributed by atoms with Crippen molar-refractivity contribution < 1.29 is 30.6 Å². The zero-order valence-corrected chi connectivity index (χ0v) is 9.09. The molecule has 0 saturated carbocycles. The zero-order valence-electron chi connectivity index (χ0n) is 8.27. The van der Waals surface area contributed by atoms with E-state index in [4.69, 9.17) is 0 Å². The summed E-state index contributed by atoms with van der Waals surface area (Å²) in [6.07, 6.45) is 0.200. The van der Waals surface area contributed by atoms with E-state index in [1.54, 1.807) is 0 Å². The molecule has 0 heterocycles. The molecular weight excluding hydrogens is 261 g/mol. The molecule has 8 heteroatoms. The van der Waals surface area contributed by atoms with Crippen molar-refractivity contribution in [1.82, 2.24) is 0 Å². The smallest absolute Gasteiger partial charge is 0.376 e. The number of hydrogen-bond donors (Lipinski definition) is 0. The maximum Gasteiger partial charge on any atom is 0.534 e. The molecule has 0 fully saturated rings. The highest BCUT2D eigenvalue weighted by Gasteiger charge is 2.48. The number of alkyl halides is 3. The average Bonchev–Trinajstić information content (AvgIpc) is 2.19. The van der Waals surface area contributed by atoms with Gasteiger partial charge in [0, 0.05) is 12.0 Å². The van der Waals surface area contributed by atoms with Crippen LogP contribution in [0.15, 0.2) is 24.3 Å². The van der Waals surface area contributed by atoms with Crippen molar-refractivity contribution >= 4 is 16.4 Å². The lowest BCUT2D eigenvalue weighted by molar-refractivity contribution is -0.107. The molecule has 0 bridgehead atoms. The number of para-hydroxylation sites is 1. The molecule has 4 nitrogen and oxygen atoms in total. The lowest BCUT2D eigenvalue weighted by atomic mass is 10.1. The van der Waals surface area contributed by atoms with Gasteiger partial charge in [-0.15, -0.1) is 0 Å². The van der Waals surface area contributed by atoms with Crippen LogP contribution in [0.3, 0.4) is 0 Å². The average molecular weight is 268 g/mol. The van der Waals surface area contributed by atoms with Crippen molar-refractivity contribution in [2.45, 2.75) is 11.9 Å². The molecule has 1 aromatic carbocycles. The first kappa shape index (κ1) is 13.5. The lowest BCUT2D eigenvalue weighted by Crippen LogP contribution is -2.28. The largest absolute Gasteiger partial charge is 0.534 e. The minimum absolute atomic E-state index is 0.0651. The fourth-order valence-corrected chi connectivity index (χ4v) is 1.50. The molecule has 0 N–H and O–H groups in total. The highest BCUT2D eigenvalue weighted by molar-refractivity contribution is 7.88. The highest BCUT2D eigenvalue weighted by Crippen LogP contribution is 2.28. The van der Waals surface area contributed by atoms with E-state index in [9.17, 15) is 26.4 Å². The van der Waals surface area contributed by atoms with Gasteiger partial charge in [0.2, 0.25) is 0 Å². The minimum Gasteiger partial charge on any atom is -0.376 e. The first-order valence-electron chi connectivity index (χ1n) is 4.30. The van der Waals surface area contributed by atoms with Crippen LogP contribution in [0, 0.1) is 0 Å². The van der Waals surface area contributed by atoms with E-state index in [0.29, 0.717) is 6.29 Å². The number of halogens is 3. The topological polar surface area (TPSA) is 60.4 Å². The Morgan fingerprint density at radius 1 is 1.24 bits per heavy atom. The molecule has 0 aliphatic carbocycles. The molecule has 0 unspecified atom stereocenters. The third kappa shape index (κ3) is 3.19. The Labute approximate surface area is 95.1 Å². The molecule has 0 radical (unpaired) electrons. The molecule has 0 spiro atoms. The summed E-state index contributed by atoms with van der Waals surface area (Å²) in [4.78, 5) is 10.3. The van der Waals surface area contributed by atoms with Gasteiger partial charge in [-0.2, -0.15) is 21.6 Å². The van der Waals surface area contributed by atoms with Crippen LogP contribution in [0.4, 0.5) is 13.2 Å². The monoisotopic (exact) mass is 268 g/mol. The molecule has 17 heavy (non-hydrogen) atoms. The maximum atomic E-state index is 12.1. The Morgan fingerprint density at radius 3 is 2.35 bits per heavy atom. The Kier molecular flexibility index (Phi) is 3.76. The van der Waals surface area contributed by atoms with E-state index in [0.717, 1.165) is 6.07 Å². The first-order valence-corrected chi connectivity index (χ1v) is 5.71. The molecule has 0 aromatic heterocycles. The van der Waals surface area contributed by atoms with Gasteiger partial charge in [-0.05, 0) is 6.07 Å². The predicted molar refractivity (Wildman–Crippen MR) is 51.8 cm³/mol. The van der Waals surface area contributed by atoms with E-state index >= 15 is 0 Å². The second kappa shape index (κ2) is 4.74. The fraction of sp³-hybridized carbons (Fsp3) is 0.222. The van der Waals surface area contributed by atoms with Gasteiger partial charge in [-0.3, -0.25) is 0 Å². The van der Waals surface area contributed by atoms with Gasteiger partial charge in [0.25, 0.3) is 0 Å². The SMILES string of the molecule is O=CCc1ccccc1OS(=O)(=O)C(F)(F)F. The number of aldehydes is 1. The molecule has 1 rings (SSSR count). The summed E-state index contributed by atoms with van der Waals surface area (Å²) in [5.74, 6) is -0.503. The number of rotatable bonds is 4. The lowest BCUT2D eigenvalue weighted by Gasteiger charge is -2.11. The third-order valence-electron chi connectivity index (χ3n) is 1.76. The third-order valence-corrected chi connectivity index (χ3v) is 2.72. The molecule has 94 valence electrons. The van der Waals surface area contributed by atoms with Crippen LogP contribution in [-0.4, -0.2) is 20.2 Å². The van der Waals surface area contributed by atoms with Crippen molar-refractivity contribution in [2.75, 3.05) is 0 Å². The Hall–Kier alpha value is -1.57. The van der Waals surface area contributed by atoms with E-state index in [1.807, 2.05) is 0 Å². The van der Waals surface area contributed by atoms with Gasteiger partial charge in [0.15, 0.2) is 0 Å². The maximum absolute atomic E-state index is 12.1. The van der Waals surface area contributed by atoms with E-state index in [-0.39, 0.29) is 12.0 Å². The minimum atomic E-state index is -5.71. The Morgan fingerprint density at radius 2 is 1.82 bits per heavy atom. The van der Waals surface area contributed by atoms with Gasteiger partial charge in [-0.25, -0.2) is 0 Å². The zero-order chi connectivity index (χ0) is 13.1. The normalized spacial score (nSPS) is 12.2. The fourth-order valence-electron chi connectivity index (χ4n) is 1.01. The molecular formula is C9H7F3O4S. The molecule has 0 aliphatic rings. The van der Waals surface area contributed by atoms with Gasteiger partial charge in [0.1, 0.15) is 12.0 Å². The summed E-state index contributed by atoms with van der Waals surface area (Å²) in [5.41, 5.74) is -5.43. The number of carbonyl (C=O) groups excluding carboxylic acids is 1. The van der Waals surface area contributed by atoms with Crippen molar-refractivity contribution in [3.63, 3.8) is 0 Å². The summed E-state index contributed by atoms with van der Waals surface area (Å²) in [5, 5.41) is 0. The Bertz CT molecular complexity index is 507. The molecule has 0 atom stereocenters. The summed E-state index contributed by atoms with van der Waals surface area (Å²) in [7, 11) is -5.71.